The zero-order valence-corrected chi connectivity index (χ0v) is 37.9. The van der Waals surface area contributed by atoms with Crippen molar-refractivity contribution in [3.63, 3.8) is 0 Å². The van der Waals surface area contributed by atoms with Crippen LogP contribution in [0.25, 0.3) is 39.0 Å². The highest BCUT2D eigenvalue weighted by molar-refractivity contribution is 5.88. The number of nitrogens with zero attached hydrogens (tertiary/aromatic N) is 4. The van der Waals surface area contributed by atoms with E-state index in [1.165, 1.54) is 5.57 Å². The molecule has 0 radical (unpaired) electrons. The normalized spacial score (nSPS) is 13.2. The molecule has 3 N–H and O–H groups in total. The van der Waals surface area contributed by atoms with Crippen LogP contribution in [0.3, 0.4) is 0 Å². The van der Waals surface area contributed by atoms with E-state index in [1.54, 1.807) is 12.1 Å². The molecule has 0 amide bonds. The predicted octanol–water partition coefficient (Wildman–Crippen LogP) is 12.7. The van der Waals surface area contributed by atoms with Crippen molar-refractivity contribution in [1.29, 1.82) is 0 Å². The number of carboxylic acid groups (broad SMARTS) is 1. The number of rotatable bonds is 8. The van der Waals surface area contributed by atoms with E-state index in [0.29, 0.717) is 27.9 Å². The number of para-hydroxylation sites is 3. The van der Waals surface area contributed by atoms with Crippen molar-refractivity contribution < 1.29 is 23.1 Å². The first-order valence-electron chi connectivity index (χ1n) is 21.9. The minimum Gasteiger partial charge on any atom is -0.475 e. The van der Waals surface area contributed by atoms with E-state index in [9.17, 15) is 22.8 Å². The van der Waals surface area contributed by atoms with E-state index in [4.69, 9.17) is 19.9 Å². The molecule has 4 heterocycles. The Balaban J connectivity index is 0.000000179. The molecular weight excluding hydrogens is 866 g/mol. The Morgan fingerprint density at radius 1 is 0.691 bits per heavy atom. The molecular formula is C55H49F3N6O4. The number of nitrogens with one attached hydrogen (secondary N) is 2. The van der Waals surface area contributed by atoms with Crippen LogP contribution in [0, 0.1) is 13.8 Å². The van der Waals surface area contributed by atoms with Gasteiger partial charge in [-0.1, -0.05) is 116 Å². The fourth-order valence-corrected chi connectivity index (χ4v) is 7.65. The number of anilines is 4. The quantitative estimate of drug-likeness (QED) is 0.137. The van der Waals surface area contributed by atoms with Gasteiger partial charge in [-0.2, -0.15) is 13.2 Å². The van der Waals surface area contributed by atoms with Crippen LogP contribution in [0.1, 0.15) is 49.2 Å². The third-order valence-corrected chi connectivity index (χ3v) is 11.1. The molecule has 0 saturated heterocycles. The number of alkyl halides is 3. The molecule has 68 heavy (non-hydrogen) atoms. The van der Waals surface area contributed by atoms with Gasteiger partial charge in [-0.3, -0.25) is 18.7 Å². The van der Waals surface area contributed by atoms with E-state index >= 15 is 0 Å². The molecule has 0 fully saturated rings. The maximum Gasteiger partial charge on any atom is 0.490 e. The first-order chi connectivity index (χ1) is 32.7. The Hall–Kier alpha value is -8.32. The molecule has 0 aliphatic heterocycles. The number of hydrogen-bond acceptors (Lipinski definition) is 7. The number of pyridine rings is 4. The van der Waals surface area contributed by atoms with E-state index in [1.807, 2.05) is 140 Å². The summed E-state index contributed by atoms with van der Waals surface area (Å²) < 4.78 is 35.8. The molecule has 4 aromatic heterocycles. The summed E-state index contributed by atoms with van der Waals surface area (Å²) >= 11 is 0. The second-order valence-corrected chi connectivity index (χ2v) is 15.9. The average Bonchev–Trinajstić information content (AvgIpc) is 3.73. The largest absolute Gasteiger partial charge is 0.490 e. The van der Waals surface area contributed by atoms with Gasteiger partial charge in [-0.15, -0.1) is 0 Å². The molecule has 13 heteroatoms. The van der Waals surface area contributed by atoms with Crippen LogP contribution in [0.5, 0.6) is 0 Å². The third-order valence-electron chi connectivity index (χ3n) is 11.1. The van der Waals surface area contributed by atoms with Crippen LogP contribution < -0.4 is 21.5 Å². The van der Waals surface area contributed by atoms with E-state index in [-0.39, 0.29) is 10.9 Å². The summed E-state index contributed by atoms with van der Waals surface area (Å²) in [6.07, 6.45) is 16.2. The molecule has 0 spiro atoms. The summed E-state index contributed by atoms with van der Waals surface area (Å²) in [6.45, 7) is 8.19. The Morgan fingerprint density at radius 3 is 1.82 bits per heavy atom. The smallest absolute Gasteiger partial charge is 0.475 e. The predicted molar refractivity (Wildman–Crippen MR) is 268 cm³/mol. The number of allylic oxidation sites excluding steroid dienone is 12. The maximum atomic E-state index is 13.3. The minimum atomic E-state index is -5.08. The monoisotopic (exact) mass is 914 g/mol. The molecule has 0 unspecified atom stereocenters. The van der Waals surface area contributed by atoms with Crippen molar-refractivity contribution in [3.05, 3.63) is 218 Å². The van der Waals surface area contributed by atoms with Gasteiger partial charge in [0.2, 0.25) is 0 Å². The van der Waals surface area contributed by atoms with Gasteiger partial charge >= 0.3 is 12.1 Å². The summed E-state index contributed by atoms with van der Waals surface area (Å²) in [4.78, 5) is 44.9. The minimum absolute atomic E-state index is 0.0211. The molecule has 344 valence electrons. The van der Waals surface area contributed by atoms with Crippen molar-refractivity contribution in [2.75, 3.05) is 10.6 Å². The van der Waals surface area contributed by atoms with Crippen molar-refractivity contribution in [2.24, 2.45) is 0 Å². The number of fused-ring (bicyclic) bond motifs is 2. The molecule has 7 aromatic rings. The Morgan fingerprint density at radius 2 is 1.24 bits per heavy atom. The van der Waals surface area contributed by atoms with Crippen LogP contribution in [0.4, 0.5) is 36.2 Å². The Kier molecular flexibility index (Phi) is 14.9. The zero-order valence-electron chi connectivity index (χ0n) is 37.9. The number of hydrogen-bond donors (Lipinski definition) is 3. The number of carbonyl (C=O) groups is 1. The maximum absolute atomic E-state index is 13.3. The first kappa shape index (κ1) is 47.6. The van der Waals surface area contributed by atoms with Crippen LogP contribution in [-0.4, -0.2) is 36.4 Å². The first-order valence-corrected chi connectivity index (χ1v) is 21.9. The van der Waals surface area contributed by atoms with E-state index < -0.39 is 12.1 Å². The van der Waals surface area contributed by atoms with Crippen molar-refractivity contribution in [1.82, 2.24) is 19.1 Å². The molecule has 2 aliphatic carbocycles. The number of aryl methyl sites for hydroxylation is 3. The Bertz CT molecular complexity index is 3290. The number of aliphatic carboxylic acids is 1. The van der Waals surface area contributed by atoms with Gasteiger partial charge in [0, 0.05) is 58.3 Å². The summed E-state index contributed by atoms with van der Waals surface area (Å²) in [5.41, 5.74) is 11.3. The standard InChI is InChI=1S/C29H25N3O.C24H23N3O.C2HF3O2/c1-20-10-9-11-22(17-16-20)25-18-26-27(33)19-28(31-23-12-5-3-6-13-23)32(29(26)30-21(25)2)24-14-7-4-8-15-24;1-3-18-15-21-22(28)16-23(26-19-11-7-6-8-12-19)27(24(21)25-17(18)2)20-13-9-4-5-10-14-20;3-2(4,5)1(6)7/h3-8,10-19,31H,9H2,1-2H3;4-13,15-16,26H,3,14H2,1-2H3;(H,6,7). The average molecular weight is 915 g/mol. The topological polar surface area (TPSA) is 131 Å². The second-order valence-electron chi connectivity index (χ2n) is 15.9. The lowest BCUT2D eigenvalue weighted by Gasteiger charge is -2.20. The van der Waals surface area contributed by atoms with E-state index in [0.717, 1.165) is 75.9 Å². The van der Waals surface area contributed by atoms with Gasteiger partial charge in [0.05, 0.1) is 10.8 Å². The van der Waals surface area contributed by atoms with Crippen molar-refractivity contribution in [2.45, 2.75) is 53.1 Å². The lowest BCUT2D eigenvalue weighted by molar-refractivity contribution is -0.192. The van der Waals surface area contributed by atoms with Gasteiger partial charge < -0.3 is 15.7 Å². The highest BCUT2D eigenvalue weighted by atomic mass is 19.4. The fraction of sp³-hybridized carbons (Fsp3) is 0.145. The van der Waals surface area contributed by atoms with Gasteiger partial charge in [-0.05, 0) is 99.4 Å². The Labute approximate surface area is 391 Å². The molecule has 9 rings (SSSR count). The summed E-state index contributed by atoms with van der Waals surface area (Å²) in [6, 6.07) is 37.1. The zero-order chi connectivity index (χ0) is 48.4. The molecule has 0 saturated carbocycles. The van der Waals surface area contributed by atoms with Crippen LogP contribution >= 0.6 is 0 Å². The van der Waals surface area contributed by atoms with Gasteiger partial charge in [-0.25, -0.2) is 14.8 Å². The van der Waals surface area contributed by atoms with E-state index in [2.05, 4.69) is 65.5 Å². The third kappa shape index (κ3) is 11.4. The fourth-order valence-electron chi connectivity index (χ4n) is 7.65. The second kappa shape index (κ2) is 21.3. The molecule has 0 bridgehead atoms. The SMILES string of the molecule is CC1=CCC=C(c2cc3c(=O)cc(Nc4ccccc4)n(-c4ccccc4)c3nc2C)C=C1.CCc1cc2c(=O)cc(Nc3ccccc3)n(C3=CC=CC=CC3)c2nc1C.O=C(O)C(F)(F)F. The summed E-state index contributed by atoms with van der Waals surface area (Å²) in [5.74, 6) is -1.36. The highest BCUT2D eigenvalue weighted by Crippen LogP contribution is 2.31. The summed E-state index contributed by atoms with van der Waals surface area (Å²) in [7, 11) is 0. The van der Waals surface area contributed by atoms with Gasteiger partial charge in [0.1, 0.15) is 22.9 Å². The number of halogens is 3. The number of aromatic nitrogens is 4. The number of benzene rings is 3. The molecule has 3 aromatic carbocycles. The molecule has 0 atom stereocenters. The lowest BCUT2D eigenvalue weighted by Crippen LogP contribution is -2.21. The molecule has 10 nitrogen and oxygen atoms in total. The van der Waals surface area contributed by atoms with Crippen LogP contribution in [-0.2, 0) is 11.2 Å². The van der Waals surface area contributed by atoms with Crippen molar-refractivity contribution in [3.8, 4) is 5.69 Å². The lowest BCUT2D eigenvalue weighted by atomic mass is 10.0. The van der Waals surface area contributed by atoms with Gasteiger partial charge in [0.25, 0.3) is 0 Å². The van der Waals surface area contributed by atoms with Crippen molar-refractivity contribution >= 4 is 62.3 Å². The van der Waals surface area contributed by atoms with Gasteiger partial charge in [0.15, 0.2) is 10.9 Å². The van der Waals surface area contributed by atoms with Crippen LogP contribution in [0.15, 0.2) is 185 Å². The van der Waals surface area contributed by atoms with Crippen LogP contribution in [0.2, 0.25) is 0 Å². The highest BCUT2D eigenvalue weighted by Gasteiger charge is 2.38. The molecule has 2 aliphatic rings. The summed E-state index contributed by atoms with van der Waals surface area (Å²) in [5, 5.41) is 15.2. The number of carboxylic acids is 1.